The third-order valence-electron chi connectivity index (χ3n) is 2.65. The molecule has 0 fully saturated rings. The molecule has 0 saturated carbocycles. The Morgan fingerprint density at radius 2 is 2.00 bits per heavy atom. The number of benzene rings is 1. The summed E-state index contributed by atoms with van der Waals surface area (Å²) in [7, 11) is 5.33. The van der Waals surface area contributed by atoms with Gasteiger partial charge in [-0.15, -0.1) is 0 Å². The van der Waals surface area contributed by atoms with E-state index in [0.717, 1.165) is 13.0 Å². The highest BCUT2D eigenvalue weighted by Gasteiger charge is 2.07. The van der Waals surface area contributed by atoms with Crippen LogP contribution in [-0.2, 0) is 6.42 Å². The zero-order valence-electron chi connectivity index (χ0n) is 8.83. The lowest BCUT2D eigenvalue weighted by Crippen LogP contribution is -2.02. The van der Waals surface area contributed by atoms with Crippen LogP contribution in [0, 0.1) is 6.92 Å². The van der Waals surface area contributed by atoms with Crippen LogP contribution in [0.25, 0.3) is 10.9 Å². The molecule has 0 saturated heterocycles. The zero-order valence-corrected chi connectivity index (χ0v) is 11.1. The van der Waals surface area contributed by atoms with E-state index in [1.807, 2.05) is 0 Å². The van der Waals surface area contributed by atoms with E-state index in [2.05, 4.69) is 59.4 Å². The first kappa shape index (κ1) is 11.1. The molecule has 1 aromatic heterocycles. The summed E-state index contributed by atoms with van der Waals surface area (Å²) in [6, 6.07) is 8.48. The van der Waals surface area contributed by atoms with Crippen molar-refractivity contribution in [2.24, 2.45) is 0 Å². The van der Waals surface area contributed by atoms with Crippen LogP contribution in [0.5, 0.6) is 0 Å². The summed E-state index contributed by atoms with van der Waals surface area (Å²) in [6.07, 6.45) is 1.07. The zero-order chi connectivity index (χ0) is 10.8. The van der Waals surface area contributed by atoms with Crippen molar-refractivity contribution in [2.45, 2.75) is 13.3 Å². The fourth-order valence-corrected chi connectivity index (χ4v) is 2.16. The Labute approximate surface area is 94.9 Å². The van der Waals surface area contributed by atoms with E-state index < -0.39 is 0 Å². The maximum atomic E-state index is 3.42. The van der Waals surface area contributed by atoms with Crippen LogP contribution >= 0.6 is 18.8 Å². The van der Waals surface area contributed by atoms with Gasteiger partial charge in [0.2, 0.25) is 0 Å². The van der Waals surface area contributed by atoms with Gasteiger partial charge < -0.3 is 4.98 Å². The predicted molar refractivity (Wildman–Crippen MR) is 72.9 cm³/mol. The monoisotopic (exact) mass is 238 g/mol. The van der Waals surface area contributed by atoms with Gasteiger partial charge in [-0.05, 0) is 25.0 Å². The Balaban J connectivity index is 2.36. The molecule has 80 valence electrons. The Kier molecular flexibility index (Phi) is 3.41. The molecule has 1 heterocycles. The van der Waals surface area contributed by atoms with Gasteiger partial charge in [0.1, 0.15) is 0 Å². The number of nitrogens with zero attached hydrogens (tertiary/aromatic N) is 1. The van der Waals surface area contributed by atoms with Gasteiger partial charge in [0.25, 0.3) is 0 Å². The average Bonchev–Trinajstić information content (AvgIpc) is 2.50. The fourth-order valence-electron chi connectivity index (χ4n) is 1.90. The molecule has 2 unspecified atom stereocenters. The van der Waals surface area contributed by atoms with Gasteiger partial charge in [0, 0.05) is 23.1 Å². The fraction of sp³-hybridized carbons (Fsp3) is 0.273. The van der Waals surface area contributed by atoms with Crippen molar-refractivity contribution >= 4 is 29.7 Å². The smallest absolute Gasteiger partial charge is 0.0458 e. The molecule has 0 radical (unpaired) electrons. The minimum Gasteiger partial charge on any atom is -0.358 e. The highest BCUT2D eigenvalue weighted by molar-refractivity contribution is 7.30. The van der Waals surface area contributed by atoms with E-state index in [4.69, 9.17) is 0 Å². The Morgan fingerprint density at radius 1 is 1.27 bits per heavy atom. The summed E-state index contributed by atoms with van der Waals surface area (Å²) in [4.78, 5) is 3.42. The summed E-state index contributed by atoms with van der Waals surface area (Å²) in [5.74, 6) is 0. The molecule has 4 heteroatoms. The number of hydrogen-bond donors (Lipinski definition) is 1. The minimum absolute atomic E-state index is 1.03. The Hall–Kier alpha value is -0.420. The average molecular weight is 238 g/mol. The van der Waals surface area contributed by atoms with E-state index in [-0.39, 0.29) is 0 Å². The quantitative estimate of drug-likeness (QED) is 0.814. The van der Waals surface area contributed by atoms with Crippen molar-refractivity contribution in [1.82, 2.24) is 9.42 Å². The molecule has 0 amide bonds. The van der Waals surface area contributed by atoms with Crippen molar-refractivity contribution < 1.29 is 0 Å². The number of aryl methyl sites for hydroxylation is 1. The molecule has 2 rings (SSSR count). The molecule has 2 aromatic rings. The third kappa shape index (κ3) is 2.39. The van der Waals surface area contributed by atoms with E-state index >= 15 is 0 Å². The van der Waals surface area contributed by atoms with Crippen molar-refractivity contribution in [3.8, 4) is 0 Å². The number of rotatable bonds is 3. The minimum atomic E-state index is 1.03. The second-order valence-electron chi connectivity index (χ2n) is 3.76. The molecule has 0 aliphatic carbocycles. The molecular weight excluding hydrogens is 222 g/mol. The van der Waals surface area contributed by atoms with Crippen molar-refractivity contribution in [1.29, 1.82) is 0 Å². The summed E-state index contributed by atoms with van der Waals surface area (Å²) in [5.41, 5.74) is 3.96. The van der Waals surface area contributed by atoms with E-state index in [9.17, 15) is 0 Å². The number of aromatic amines is 1. The molecule has 0 aliphatic heterocycles. The molecule has 2 atom stereocenters. The number of nitrogens with one attached hydrogen (secondary N) is 1. The summed E-state index contributed by atoms with van der Waals surface area (Å²) in [6.45, 7) is 3.17. The topological polar surface area (TPSA) is 19.0 Å². The Bertz CT molecular complexity index is 463. The van der Waals surface area contributed by atoms with Gasteiger partial charge in [-0.2, -0.15) is 0 Å². The summed E-state index contributed by atoms with van der Waals surface area (Å²) >= 11 is 0. The van der Waals surface area contributed by atoms with Gasteiger partial charge in [0.05, 0.1) is 0 Å². The number of fused-ring (bicyclic) bond motifs is 1. The van der Waals surface area contributed by atoms with Gasteiger partial charge in [-0.1, -0.05) is 37.0 Å². The second-order valence-corrected chi connectivity index (χ2v) is 5.68. The van der Waals surface area contributed by atoms with Crippen LogP contribution < -0.4 is 0 Å². The molecule has 0 bridgehead atoms. The standard InChI is InChI=1S/C11H16N2P2/c1-8-9(6-7-13(14)15)10-4-2-3-5-11(10)12-8/h2-5,12H,6-7,14-15H2,1H3. The molecule has 0 spiro atoms. The van der Waals surface area contributed by atoms with Crippen LogP contribution in [0.15, 0.2) is 24.3 Å². The summed E-state index contributed by atoms with van der Waals surface area (Å²) < 4.78 is 2.06. The number of hydrogen-bond acceptors (Lipinski definition) is 1. The van der Waals surface area contributed by atoms with E-state index in [0.29, 0.717) is 0 Å². The first-order valence-corrected chi connectivity index (χ1v) is 6.05. The first-order valence-electron chi connectivity index (χ1n) is 5.01. The van der Waals surface area contributed by atoms with Crippen LogP contribution in [-0.4, -0.2) is 16.0 Å². The van der Waals surface area contributed by atoms with Crippen LogP contribution in [0.2, 0.25) is 0 Å². The molecule has 1 N–H and O–H groups in total. The number of H-pyrrole nitrogens is 1. The highest BCUT2D eigenvalue weighted by Crippen LogP contribution is 2.23. The van der Waals surface area contributed by atoms with Crippen molar-refractivity contribution in [2.75, 3.05) is 6.54 Å². The van der Waals surface area contributed by atoms with E-state index in [1.54, 1.807) is 0 Å². The molecular formula is C11H16N2P2. The maximum Gasteiger partial charge on any atom is 0.0458 e. The molecule has 2 nitrogen and oxygen atoms in total. The van der Waals surface area contributed by atoms with Crippen LogP contribution in [0.1, 0.15) is 11.3 Å². The van der Waals surface area contributed by atoms with E-state index in [1.165, 1.54) is 22.2 Å². The third-order valence-corrected chi connectivity index (χ3v) is 3.16. The number of para-hydroxylation sites is 1. The van der Waals surface area contributed by atoms with Crippen LogP contribution in [0.4, 0.5) is 0 Å². The van der Waals surface area contributed by atoms with Gasteiger partial charge in [-0.25, -0.2) is 0 Å². The molecule has 0 aliphatic rings. The van der Waals surface area contributed by atoms with Crippen LogP contribution in [0.3, 0.4) is 0 Å². The Morgan fingerprint density at radius 3 is 2.73 bits per heavy atom. The lowest BCUT2D eigenvalue weighted by molar-refractivity contribution is 0.726. The molecule has 1 aromatic carbocycles. The highest BCUT2D eigenvalue weighted by atomic mass is 31.1. The van der Waals surface area contributed by atoms with Crippen molar-refractivity contribution in [3.05, 3.63) is 35.5 Å². The molecule has 15 heavy (non-hydrogen) atoms. The van der Waals surface area contributed by atoms with Gasteiger partial charge in [-0.3, -0.25) is 4.44 Å². The van der Waals surface area contributed by atoms with Gasteiger partial charge >= 0.3 is 0 Å². The number of aromatic nitrogens is 1. The van der Waals surface area contributed by atoms with Gasteiger partial charge in [0.15, 0.2) is 0 Å². The lowest BCUT2D eigenvalue weighted by atomic mass is 10.1. The van der Waals surface area contributed by atoms with Crippen molar-refractivity contribution in [3.63, 3.8) is 0 Å². The summed E-state index contributed by atoms with van der Waals surface area (Å²) in [5, 5.41) is 1.35. The predicted octanol–water partition coefficient (Wildman–Crippen LogP) is 2.90. The SMILES string of the molecule is Cc1[nH]c2ccccc2c1CCN(P)P. The first-order chi connectivity index (χ1) is 7.18. The second kappa shape index (κ2) is 4.61. The maximum absolute atomic E-state index is 3.42. The lowest BCUT2D eigenvalue weighted by Gasteiger charge is -2.08. The largest absolute Gasteiger partial charge is 0.358 e. The normalized spacial score (nSPS) is 11.5.